The van der Waals surface area contributed by atoms with Crippen LogP contribution in [0.25, 0.3) is 0 Å². The summed E-state index contributed by atoms with van der Waals surface area (Å²) in [6.45, 7) is 4.00. The largest absolute Gasteiger partial charge is 0.462 e. The minimum Gasteiger partial charge on any atom is -0.462 e. The van der Waals surface area contributed by atoms with Gasteiger partial charge < -0.3 is 14.6 Å². The predicted molar refractivity (Wildman–Crippen MR) is 274 cm³/mol. The molecule has 0 aliphatic heterocycles. The van der Waals surface area contributed by atoms with Gasteiger partial charge in [0, 0.05) is 12.8 Å². The molecule has 1 atom stereocenters. The van der Waals surface area contributed by atoms with Crippen LogP contribution in [0.2, 0.25) is 0 Å². The van der Waals surface area contributed by atoms with Crippen LogP contribution in [0.15, 0.2) is 85.1 Å². The highest BCUT2D eigenvalue weighted by atomic mass is 16.6. The van der Waals surface area contributed by atoms with E-state index in [4.69, 9.17) is 9.47 Å². The molecule has 0 aliphatic carbocycles. The number of carbonyl (C=O) groups is 2. The van der Waals surface area contributed by atoms with Crippen molar-refractivity contribution in [3.05, 3.63) is 85.1 Å². The minimum absolute atomic E-state index is 0.0638. The van der Waals surface area contributed by atoms with Gasteiger partial charge in [-0.2, -0.15) is 0 Å². The number of hydrogen-bond acceptors (Lipinski definition) is 5. The fourth-order valence-electron chi connectivity index (χ4n) is 7.48. The molecule has 0 aromatic heterocycles. The Morgan fingerprint density at radius 3 is 1.03 bits per heavy atom. The second kappa shape index (κ2) is 53.4. The van der Waals surface area contributed by atoms with Crippen LogP contribution in [0.3, 0.4) is 0 Å². The molecule has 0 fully saturated rings. The quantitative estimate of drug-likeness (QED) is 0.0374. The molecule has 1 N–H and O–H groups in total. The average molecular weight is 877 g/mol. The van der Waals surface area contributed by atoms with Gasteiger partial charge in [0.05, 0.1) is 6.61 Å². The van der Waals surface area contributed by atoms with Crippen LogP contribution in [0.1, 0.15) is 251 Å². The molecule has 63 heavy (non-hydrogen) atoms. The maximum Gasteiger partial charge on any atom is 0.306 e. The highest BCUT2D eigenvalue weighted by Crippen LogP contribution is 2.16. The molecular weight excluding hydrogens is 777 g/mol. The number of esters is 2. The van der Waals surface area contributed by atoms with Gasteiger partial charge in [-0.05, 0) is 70.6 Å². The Morgan fingerprint density at radius 2 is 0.683 bits per heavy atom. The molecule has 5 nitrogen and oxygen atoms in total. The first-order chi connectivity index (χ1) is 31.1. The summed E-state index contributed by atoms with van der Waals surface area (Å²) in [5.41, 5.74) is 0. The molecule has 0 saturated heterocycles. The van der Waals surface area contributed by atoms with E-state index in [1.807, 2.05) is 0 Å². The van der Waals surface area contributed by atoms with Crippen molar-refractivity contribution in [1.29, 1.82) is 0 Å². The predicted octanol–water partition coefficient (Wildman–Crippen LogP) is 17.8. The lowest BCUT2D eigenvalue weighted by Crippen LogP contribution is -2.28. The van der Waals surface area contributed by atoms with Crippen molar-refractivity contribution in [1.82, 2.24) is 0 Å². The molecule has 362 valence electrons. The molecule has 0 radical (unpaired) electrons. The third kappa shape index (κ3) is 51.6. The van der Waals surface area contributed by atoms with Gasteiger partial charge in [-0.3, -0.25) is 9.59 Å². The number of hydrogen-bond donors (Lipinski definition) is 1. The summed E-state index contributed by atoms with van der Waals surface area (Å²) in [7, 11) is 0. The van der Waals surface area contributed by atoms with Crippen LogP contribution in [-0.2, 0) is 19.1 Å². The Kier molecular flexibility index (Phi) is 50.9. The van der Waals surface area contributed by atoms with Crippen molar-refractivity contribution in [3.8, 4) is 0 Å². The van der Waals surface area contributed by atoms with Crippen LogP contribution < -0.4 is 0 Å². The standard InChI is InChI=1S/C58H100O5/c1-3-5-7-9-11-13-14-15-16-17-18-19-20-21-22-23-24-25-26-27-28-29-30-31-32-33-34-35-36-37-38-39-40-41-42-43-44-45-47-49-51-53-58(61)63-56(54-59)55-62-57(60)52-50-48-46-12-10-8-6-4-2/h5,7,11,13,15-16,18-19,21-22,24-25,27-28,56,59H,3-4,6,8-10,12,14,17,20,23,26,29-55H2,1-2H3/b7-5-,13-11-,16-15-,19-18-,22-21-,25-24-,28-27-. The molecular formula is C58H100O5. The van der Waals surface area contributed by atoms with Gasteiger partial charge in [-0.15, -0.1) is 0 Å². The maximum atomic E-state index is 12.2. The fraction of sp³-hybridized carbons (Fsp3) is 0.724. The fourth-order valence-corrected chi connectivity index (χ4v) is 7.48. The Balaban J connectivity index is 3.43. The zero-order valence-electron chi connectivity index (χ0n) is 41.3. The lowest BCUT2D eigenvalue weighted by atomic mass is 10.0. The summed E-state index contributed by atoms with van der Waals surface area (Å²) in [5, 5.41) is 9.56. The normalized spacial score (nSPS) is 12.9. The first-order valence-corrected chi connectivity index (χ1v) is 26.6. The van der Waals surface area contributed by atoms with Crippen LogP contribution in [-0.4, -0.2) is 36.4 Å². The third-order valence-corrected chi connectivity index (χ3v) is 11.5. The number of rotatable bonds is 48. The summed E-state index contributed by atoms with van der Waals surface area (Å²) < 4.78 is 10.6. The van der Waals surface area contributed by atoms with Gasteiger partial charge in [0.1, 0.15) is 6.61 Å². The van der Waals surface area contributed by atoms with Crippen LogP contribution in [0.5, 0.6) is 0 Å². The molecule has 0 saturated carbocycles. The van der Waals surface area contributed by atoms with E-state index >= 15 is 0 Å². The molecule has 0 spiro atoms. The van der Waals surface area contributed by atoms with E-state index < -0.39 is 6.10 Å². The first-order valence-electron chi connectivity index (χ1n) is 26.6. The van der Waals surface area contributed by atoms with Crippen LogP contribution >= 0.6 is 0 Å². The van der Waals surface area contributed by atoms with Crippen molar-refractivity contribution in [2.75, 3.05) is 13.2 Å². The van der Waals surface area contributed by atoms with E-state index in [-0.39, 0.29) is 25.2 Å². The topological polar surface area (TPSA) is 72.8 Å². The third-order valence-electron chi connectivity index (χ3n) is 11.5. The van der Waals surface area contributed by atoms with E-state index in [1.54, 1.807) is 0 Å². The maximum absolute atomic E-state index is 12.2. The second-order valence-electron chi connectivity index (χ2n) is 17.6. The summed E-state index contributed by atoms with van der Waals surface area (Å²) in [6, 6.07) is 0. The molecule has 0 aliphatic rings. The number of unbranched alkanes of at least 4 members (excludes halogenated alkanes) is 26. The molecule has 0 heterocycles. The number of ether oxygens (including phenoxy) is 2. The monoisotopic (exact) mass is 877 g/mol. The van der Waals surface area contributed by atoms with Crippen molar-refractivity contribution in [2.24, 2.45) is 0 Å². The molecule has 0 aromatic carbocycles. The van der Waals surface area contributed by atoms with E-state index in [0.717, 1.165) is 83.5 Å². The summed E-state index contributed by atoms with van der Waals surface area (Å²) in [4.78, 5) is 24.2. The Bertz CT molecular complexity index is 1170. The molecule has 1 unspecified atom stereocenters. The summed E-state index contributed by atoms with van der Waals surface area (Å²) in [6.07, 6.45) is 74.4. The smallest absolute Gasteiger partial charge is 0.306 e. The van der Waals surface area contributed by atoms with Gasteiger partial charge >= 0.3 is 11.9 Å². The SMILES string of the molecule is CC/C=C\C/C=C\C/C=C\C/C=C\C/C=C\C/C=C\C/C=C\CCCCCCCCCCCCCCCCCCCCCC(=O)OC(CO)COC(=O)CCCCCCCCCC. The molecule has 0 bridgehead atoms. The van der Waals surface area contributed by atoms with Crippen LogP contribution in [0.4, 0.5) is 0 Å². The Morgan fingerprint density at radius 1 is 0.381 bits per heavy atom. The Hall–Kier alpha value is -2.92. The highest BCUT2D eigenvalue weighted by Gasteiger charge is 2.16. The highest BCUT2D eigenvalue weighted by molar-refractivity contribution is 5.70. The van der Waals surface area contributed by atoms with Crippen molar-refractivity contribution < 1.29 is 24.2 Å². The molecule has 5 heteroatoms. The van der Waals surface area contributed by atoms with Gasteiger partial charge in [0.15, 0.2) is 6.10 Å². The number of allylic oxidation sites excluding steroid dienone is 14. The van der Waals surface area contributed by atoms with E-state index in [9.17, 15) is 14.7 Å². The number of carbonyl (C=O) groups excluding carboxylic acids is 2. The number of aliphatic hydroxyl groups excluding tert-OH is 1. The zero-order chi connectivity index (χ0) is 45.6. The van der Waals surface area contributed by atoms with Gasteiger partial charge in [-0.1, -0.05) is 253 Å². The van der Waals surface area contributed by atoms with E-state index in [0.29, 0.717) is 12.8 Å². The molecule has 0 rings (SSSR count). The van der Waals surface area contributed by atoms with E-state index in [1.165, 1.54) is 141 Å². The number of aliphatic hydroxyl groups is 1. The lowest BCUT2D eigenvalue weighted by Gasteiger charge is -2.15. The van der Waals surface area contributed by atoms with Crippen molar-refractivity contribution >= 4 is 11.9 Å². The minimum atomic E-state index is -0.768. The molecule has 0 amide bonds. The average Bonchev–Trinajstić information content (AvgIpc) is 3.29. The lowest BCUT2D eigenvalue weighted by molar-refractivity contribution is -0.161. The van der Waals surface area contributed by atoms with Crippen LogP contribution in [0, 0.1) is 0 Å². The van der Waals surface area contributed by atoms with Crippen molar-refractivity contribution in [2.45, 2.75) is 258 Å². The zero-order valence-corrected chi connectivity index (χ0v) is 41.3. The van der Waals surface area contributed by atoms with Crippen molar-refractivity contribution in [3.63, 3.8) is 0 Å². The van der Waals surface area contributed by atoms with Gasteiger partial charge in [-0.25, -0.2) is 0 Å². The Labute approximate surface area is 390 Å². The first kappa shape index (κ1) is 60.1. The summed E-state index contributed by atoms with van der Waals surface area (Å²) in [5.74, 6) is -0.589. The van der Waals surface area contributed by atoms with E-state index in [2.05, 4.69) is 98.9 Å². The summed E-state index contributed by atoms with van der Waals surface area (Å²) >= 11 is 0. The van der Waals surface area contributed by atoms with Gasteiger partial charge in [0.2, 0.25) is 0 Å². The van der Waals surface area contributed by atoms with Gasteiger partial charge in [0.25, 0.3) is 0 Å². The molecule has 0 aromatic rings. The second-order valence-corrected chi connectivity index (χ2v) is 17.6.